The molecule has 3 aromatic carbocycles. The van der Waals surface area contributed by atoms with E-state index in [1.807, 2.05) is 48.5 Å². The van der Waals surface area contributed by atoms with Gasteiger partial charge in [-0.15, -0.1) is 0 Å². The molecule has 1 atom stereocenters. The fourth-order valence-corrected chi connectivity index (χ4v) is 3.02. The van der Waals surface area contributed by atoms with Crippen LogP contribution in [0.5, 0.6) is 5.75 Å². The van der Waals surface area contributed by atoms with E-state index < -0.39 is 11.6 Å². The van der Waals surface area contributed by atoms with E-state index in [1.54, 1.807) is 0 Å². The van der Waals surface area contributed by atoms with Crippen LogP contribution < -0.4 is 10.5 Å². The molecule has 3 rings (SSSR count). The molecular weight excluding hydrogens is 356 g/mol. The van der Waals surface area contributed by atoms with Crippen LogP contribution in [0.3, 0.4) is 0 Å². The van der Waals surface area contributed by atoms with E-state index in [1.165, 1.54) is 18.2 Å². The SMILES string of the molecule is C=CCOc1c(F)cc(-c2ccc(-c3ccc(C(N)CC)cc3)cc2)cc1F. The molecule has 0 radical (unpaired) electrons. The lowest BCUT2D eigenvalue weighted by Gasteiger charge is -2.11. The molecule has 144 valence electrons. The number of ether oxygens (including phenoxy) is 1. The lowest BCUT2D eigenvalue weighted by molar-refractivity contribution is 0.321. The van der Waals surface area contributed by atoms with Crippen molar-refractivity contribution in [2.75, 3.05) is 6.61 Å². The molecule has 0 aromatic heterocycles. The molecule has 3 aromatic rings. The van der Waals surface area contributed by atoms with Gasteiger partial charge >= 0.3 is 0 Å². The monoisotopic (exact) mass is 379 g/mol. The summed E-state index contributed by atoms with van der Waals surface area (Å²) in [6.45, 7) is 5.58. The molecule has 0 aliphatic heterocycles. The summed E-state index contributed by atoms with van der Waals surface area (Å²) in [7, 11) is 0. The van der Waals surface area contributed by atoms with Crippen molar-refractivity contribution in [3.8, 4) is 28.0 Å². The quantitative estimate of drug-likeness (QED) is 0.491. The third-order valence-electron chi connectivity index (χ3n) is 4.67. The molecular formula is C24H23F2NO. The highest BCUT2D eigenvalue weighted by Crippen LogP contribution is 2.31. The molecule has 0 bridgehead atoms. The Balaban J connectivity index is 1.83. The molecule has 0 fully saturated rings. The number of nitrogens with two attached hydrogens (primary N) is 1. The van der Waals surface area contributed by atoms with Crippen LogP contribution in [0, 0.1) is 11.6 Å². The highest BCUT2D eigenvalue weighted by atomic mass is 19.1. The Bertz CT molecular complexity index is 926. The normalized spacial score (nSPS) is 11.9. The maximum absolute atomic E-state index is 14.2. The third-order valence-corrected chi connectivity index (χ3v) is 4.67. The first kappa shape index (κ1) is 19.8. The Kier molecular flexibility index (Phi) is 6.22. The second-order valence-electron chi connectivity index (χ2n) is 6.58. The maximum atomic E-state index is 14.2. The zero-order chi connectivity index (χ0) is 20.1. The van der Waals surface area contributed by atoms with Gasteiger partial charge in [0.25, 0.3) is 0 Å². The van der Waals surface area contributed by atoms with Gasteiger partial charge in [-0.05, 0) is 46.4 Å². The molecule has 2 nitrogen and oxygen atoms in total. The van der Waals surface area contributed by atoms with E-state index in [-0.39, 0.29) is 18.4 Å². The Labute approximate surface area is 164 Å². The van der Waals surface area contributed by atoms with Crippen molar-refractivity contribution in [3.05, 3.63) is 90.5 Å². The van der Waals surface area contributed by atoms with Crippen LogP contribution in [0.25, 0.3) is 22.3 Å². The number of benzene rings is 3. The number of hydrogen-bond donors (Lipinski definition) is 1. The Morgan fingerprint density at radius 2 is 1.36 bits per heavy atom. The van der Waals surface area contributed by atoms with Gasteiger partial charge in [0.15, 0.2) is 17.4 Å². The van der Waals surface area contributed by atoms with Gasteiger partial charge in [0.1, 0.15) is 6.61 Å². The summed E-state index contributed by atoms with van der Waals surface area (Å²) in [6, 6.07) is 18.3. The topological polar surface area (TPSA) is 35.2 Å². The van der Waals surface area contributed by atoms with Crippen LogP contribution in [0.15, 0.2) is 73.3 Å². The Hall–Kier alpha value is -2.98. The first-order valence-corrected chi connectivity index (χ1v) is 9.22. The smallest absolute Gasteiger partial charge is 0.191 e. The van der Waals surface area contributed by atoms with Gasteiger partial charge in [-0.3, -0.25) is 0 Å². The number of halogens is 2. The summed E-state index contributed by atoms with van der Waals surface area (Å²) in [4.78, 5) is 0. The Morgan fingerprint density at radius 3 is 1.82 bits per heavy atom. The van der Waals surface area contributed by atoms with E-state index in [0.717, 1.165) is 28.7 Å². The molecule has 0 spiro atoms. The molecule has 2 N–H and O–H groups in total. The first-order valence-electron chi connectivity index (χ1n) is 9.22. The predicted molar refractivity (Wildman–Crippen MR) is 110 cm³/mol. The van der Waals surface area contributed by atoms with E-state index in [4.69, 9.17) is 10.5 Å². The average molecular weight is 379 g/mol. The largest absolute Gasteiger partial charge is 0.483 e. The summed E-state index contributed by atoms with van der Waals surface area (Å²) in [5.74, 6) is -1.85. The molecule has 0 amide bonds. The van der Waals surface area contributed by atoms with Crippen molar-refractivity contribution in [1.82, 2.24) is 0 Å². The second-order valence-corrected chi connectivity index (χ2v) is 6.58. The van der Waals surface area contributed by atoms with Gasteiger partial charge in [0.05, 0.1) is 0 Å². The van der Waals surface area contributed by atoms with Crippen molar-refractivity contribution in [3.63, 3.8) is 0 Å². The number of hydrogen-bond acceptors (Lipinski definition) is 2. The number of rotatable bonds is 7. The molecule has 4 heteroatoms. The standard InChI is InChI=1S/C24H23F2NO/c1-3-13-28-24-21(25)14-20(15-22(24)26)18-7-5-16(6-8-18)17-9-11-19(12-10-17)23(27)4-2/h3,5-12,14-15,23H,1,4,13,27H2,2H3. The maximum Gasteiger partial charge on any atom is 0.191 e. The van der Waals surface area contributed by atoms with E-state index in [2.05, 4.69) is 13.5 Å². The minimum absolute atomic E-state index is 0.0413. The fourth-order valence-electron chi connectivity index (χ4n) is 3.02. The summed E-state index contributed by atoms with van der Waals surface area (Å²) in [6.07, 6.45) is 2.33. The second kappa shape index (κ2) is 8.81. The van der Waals surface area contributed by atoms with Crippen molar-refractivity contribution in [1.29, 1.82) is 0 Å². The molecule has 1 unspecified atom stereocenters. The lowest BCUT2D eigenvalue weighted by atomic mass is 9.98. The van der Waals surface area contributed by atoms with Gasteiger partial charge in [-0.25, -0.2) is 8.78 Å². The highest BCUT2D eigenvalue weighted by molar-refractivity contribution is 5.71. The summed E-state index contributed by atoms with van der Waals surface area (Å²) in [5.41, 5.74) is 10.4. The minimum Gasteiger partial charge on any atom is -0.483 e. The third kappa shape index (κ3) is 4.29. The lowest BCUT2D eigenvalue weighted by Crippen LogP contribution is -2.07. The zero-order valence-electron chi connectivity index (χ0n) is 15.8. The minimum atomic E-state index is -0.733. The molecule has 0 heterocycles. The van der Waals surface area contributed by atoms with Gasteiger partial charge in [0.2, 0.25) is 0 Å². The zero-order valence-corrected chi connectivity index (χ0v) is 15.8. The van der Waals surface area contributed by atoms with Gasteiger partial charge in [-0.2, -0.15) is 0 Å². The van der Waals surface area contributed by atoms with Crippen LogP contribution in [0.1, 0.15) is 24.9 Å². The molecule has 0 saturated heterocycles. The van der Waals surface area contributed by atoms with Crippen LogP contribution >= 0.6 is 0 Å². The van der Waals surface area contributed by atoms with E-state index in [9.17, 15) is 8.78 Å². The average Bonchev–Trinajstić information content (AvgIpc) is 2.73. The van der Waals surface area contributed by atoms with E-state index in [0.29, 0.717) is 5.56 Å². The van der Waals surface area contributed by atoms with Gasteiger partial charge in [0, 0.05) is 6.04 Å². The fraction of sp³-hybridized carbons (Fsp3) is 0.167. The van der Waals surface area contributed by atoms with Gasteiger partial charge < -0.3 is 10.5 Å². The summed E-state index contributed by atoms with van der Waals surface area (Å²) >= 11 is 0. The van der Waals surface area contributed by atoms with Crippen molar-refractivity contribution in [2.24, 2.45) is 5.73 Å². The van der Waals surface area contributed by atoms with Crippen LogP contribution in [0.2, 0.25) is 0 Å². The van der Waals surface area contributed by atoms with Crippen LogP contribution in [0.4, 0.5) is 8.78 Å². The molecule has 0 aliphatic carbocycles. The van der Waals surface area contributed by atoms with Crippen molar-refractivity contribution >= 4 is 0 Å². The molecule has 0 aliphatic rings. The highest BCUT2D eigenvalue weighted by Gasteiger charge is 2.13. The van der Waals surface area contributed by atoms with Crippen LogP contribution in [-0.4, -0.2) is 6.61 Å². The summed E-state index contributed by atoms with van der Waals surface area (Å²) < 4.78 is 33.4. The molecule has 0 saturated carbocycles. The van der Waals surface area contributed by atoms with Gasteiger partial charge in [-0.1, -0.05) is 68.1 Å². The van der Waals surface area contributed by atoms with E-state index >= 15 is 0 Å². The van der Waals surface area contributed by atoms with Crippen LogP contribution in [-0.2, 0) is 0 Å². The Morgan fingerprint density at radius 1 is 0.893 bits per heavy atom. The predicted octanol–water partition coefficient (Wildman–Crippen LogP) is 6.27. The molecule has 28 heavy (non-hydrogen) atoms. The van der Waals surface area contributed by atoms with Crippen molar-refractivity contribution in [2.45, 2.75) is 19.4 Å². The summed E-state index contributed by atoms with van der Waals surface area (Å²) in [5, 5.41) is 0. The first-order chi connectivity index (χ1) is 13.5. The van der Waals surface area contributed by atoms with Crippen molar-refractivity contribution < 1.29 is 13.5 Å².